The lowest BCUT2D eigenvalue weighted by molar-refractivity contribution is -0.146. The zero-order valence-electron chi connectivity index (χ0n) is 12.8. The fourth-order valence-corrected chi connectivity index (χ4v) is 1.76. The normalized spacial score (nSPS) is 13.7. The zero-order valence-corrected chi connectivity index (χ0v) is 12.8. The van der Waals surface area contributed by atoms with E-state index in [2.05, 4.69) is 5.32 Å². The lowest BCUT2D eigenvalue weighted by Gasteiger charge is -2.23. The van der Waals surface area contributed by atoms with Crippen molar-refractivity contribution < 1.29 is 19.4 Å². The zero-order chi connectivity index (χ0) is 16.0. The van der Waals surface area contributed by atoms with E-state index in [-0.39, 0.29) is 0 Å². The Balaban J connectivity index is 2.88. The summed E-state index contributed by atoms with van der Waals surface area (Å²) in [6, 6.07) is 5.62. The lowest BCUT2D eigenvalue weighted by atomic mass is 9.99. The Morgan fingerprint density at radius 1 is 1.43 bits per heavy atom. The van der Waals surface area contributed by atoms with Crippen LogP contribution < -0.4 is 10.1 Å². The predicted molar refractivity (Wildman–Crippen MR) is 81.2 cm³/mol. The third-order valence-corrected chi connectivity index (χ3v) is 3.38. The lowest BCUT2D eigenvalue weighted by Crippen LogP contribution is -2.51. The molecule has 0 spiro atoms. The number of carbonyl (C=O) groups is 2. The molecule has 1 atom stereocenters. The van der Waals surface area contributed by atoms with Gasteiger partial charge in [0.2, 0.25) is 5.91 Å². The largest absolute Gasteiger partial charge is 0.496 e. The Hall–Kier alpha value is -2.30. The second kappa shape index (κ2) is 6.92. The molecule has 0 aliphatic rings. The van der Waals surface area contributed by atoms with Crippen LogP contribution in [0.3, 0.4) is 0 Å². The summed E-state index contributed by atoms with van der Waals surface area (Å²) in [5.74, 6) is -0.855. The monoisotopic (exact) mass is 291 g/mol. The first-order valence-electron chi connectivity index (χ1n) is 6.70. The maximum atomic E-state index is 11.9. The van der Waals surface area contributed by atoms with Crippen LogP contribution in [0.15, 0.2) is 24.3 Å². The van der Waals surface area contributed by atoms with Crippen molar-refractivity contribution in [1.29, 1.82) is 0 Å². The summed E-state index contributed by atoms with van der Waals surface area (Å²) in [6.45, 7) is 5.13. The molecule has 0 bridgehead atoms. The van der Waals surface area contributed by atoms with Crippen molar-refractivity contribution >= 4 is 18.0 Å². The number of carboxylic acid groups (broad SMARTS) is 1. The van der Waals surface area contributed by atoms with Gasteiger partial charge in [-0.25, -0.2) is 4.79 Å². The molecule has 1 amide bonds. The standard InChI is InChI=1S/C16H21NO4/c1-5-16(3,15(19)20)17-14(18)9-7-12-10-11(2)6-8-13(12)21-4/h6-10H,5H2,1-4H3,(H,17,18)(H,19,20). The van der Waals surface area contributed by atoms with E-state index in [1.54, 1.807) is 20.1 Å². The topological polar surface area (TPSA) is 75.6 Å². The van der Waals surface area contributed by atoms with Crippen LogP contribution in [0.4, 0.5) is 0 Å². The second-order valence-electron chi connectivity index (χ2n) is 5.06. The fraction of sp³-hybridized carbons (Fsp3) is 0.375. The summed E-state index contributed by atoms with van der Waals surface area (Å²) in [5, 5.41) is 11.6. The summed E-state index contributed by atoms with van der Waals surface area (Å²) in [4.78, 5) is 23.0. The van der Waals surface area contributed by atoms with Gasteiger partial charge in [-0.15, -0.1) is 0 Å². The number of carbonyl (C=O) groups excluding carboxylic acids is 1. The molecular weight excluding hydrogens is 270 g/mol. The number of rotatable bonds is 6. The van der Waals surface area contributed by atoms with E-state index in [1.807, 2.05) is 25.1 Å². The van der Waals surface area contributed by atoms with Crippen LogP contribution in [0.2, 0.25) is 0 Å². The van der Waals surface area contributed by atoms with Gasteiger partial charge in [0.1, 0.15) is 11.3 Å². The molecule has 0 fully saturated rings. The minimum absolute atomic E-state index is 0.301. The molecule has 1 aromatic carbocycles. The van der Waals surface area contributed by atoms with Gasteiger partial charge in [-0.2, -0.15) is 0 Å². The highest BCUT2D eigenvalue weighted by molar-refractivity contribution is 5.95. The van der Waals surface area contributed by atoms with E-state index in [4.69, 9.17) is 9.84 Å². The number of ether oxygens (including phenoxy) is 1. The molecule has 0 heterocycles. The highest BCUT2D eigenvalue weighted by atomic mass is 16.5. The molecular formula is C16H21NO4. The number of carboxylic acids is 1. The molecule has 1 rings (SSSR count). The average Bonchev–Trinajstić information content (AvgIpc) is 2.44. The summed E-state index contributed by atoms with van der Waals surface area (Å²) >= 11 is 0. The Kier molecular flexibility index (Phi) is 5.52. The van der Waals surface area contributed by atoms with Gasteiger partial charge >= 0.3 is 5.97 Å². The summed E-state index contributed by atoms with van der Waals surface area (Å²) in [5.41, 5.74) is 0.541. The summed E-state index contributed by atoms with van der Waals surface area (Å²) < 4.78 is 5.22. The first-order chi connectivity index (χ1) is 9.82. The van der Waals surface area contributed by atoms with Crippen LogP contribution in [0.5, 0.6) is 5.75 Å². The van der Waals surface area contributed by atoms with Crippen molar-refractivity contribution in [3.8, 4) is 5.75 Å². The molecule has 0 saturated carbocycles. The van der Waals surface area contributed by atoms with Crippen LogP contribution in [-0.2, 0) is 9.59 Å². The molecule has 0 aromatic heterocycles. The van der Waals surface area contributed by atoms with Crippen molar-refractivity contribution in [3.63, 3.8) is 0 Å². The molecule has 5 heteroatoms. The van der Waals surface area contributed by atoms with Crippen LogP contribution in [0, 0.1) is 6.92 Å². The van der Waals surface area contributed by atoms with Crippen molar-refractivity contribution in [2.45, 2.75) is 32.7 Å². The van der Waals surface area contributed by atoms with Gasteiger partial charge in [0.25, 0.3) is 0 Å². The van der Waals surface area contributed by atoms with Crippen molar-refractivity contribution in [2.75, 3.05) is 7.11 Å². The van der Waals surface area contributed by atoms with E-state index in [0.717, 1.165) is 11.1 Å². The summed E-state index contributed by atoms with van der Waals surface area (Å²) in [6.07, 6.45) is 3.23. The Labute approximate surface area is 124 Å². The van der Waals surface area contributed by atoms with Gasteiger partial charge in [0.05, 0.1) is 7.11 Å². The Bertz CT molecular complexity index is 565. The van der Waals surface area contributed by atoms with E-state index in [1.165, 1.54) is 13.0 Å². The van der Waals surface area contributed by atoms with Gasteiger partial charge < -0.3 is 15.2 Å². The maximum Gasteiger partial charge on any atom is 0.329 e. The third kappa shape index (κ3) is 4.34. The molecule has 2 N–H and O–H groups in total. The first kappa shape index (κ1) is 16.8. The highest BCUT2D eigenvalue weighted by Gasteiger charge is 2.31. The van der Waals surface area contributed by atoms with Gasteiger partial charge in [0.15, 0.2) is 0 Å². The minimum atomic E-state index is -1.27. The quantitative estimate of drug-likeness (QED) is 0.789. The number of hydrogen-bond acceptors (Lipinski definition) is 3. The van der Waals surface area contributed by atoms with Crippen LogP contribution in [0.1, 0.15) is 31.4 Å². The van der Waals surface area contributed by atoms with Crippen LogP contribution in [-0.4, -0.2) is 29.6 Å². The molecule has 1 aromatic rings. The molecule has 0 aliphatic heterocycles. The predicted octanol–water partition coefficient (Wildman–Crippen LogP) is 2.39. The molecule has 0 saturated heterocycles. The minimum Gasteiger partial charge on any atom is -0.496 e. The van der Waals surface area contributed by atoms with Gasteiger partial charge in [0, 0.05) is 11.6 Å². The van der Waals surface area contributed by atoms with Crippen molar-refractivity contribution in [1.82, 2.24) is 5.32 Å². The van der Waals surface area contributed by atoms with Crippen LogP contribution in [0.25, 0.3) is 6.08 Å². The maximum absolute atomic E-state index is 11.9. The van der Waals surface area contributed by atoms with Gasteiger partial charge in [-0.3, -0.25) is 4.79 Å². The molecule has 0 radical (unpaired) electrons. The number of aryl methyl sites for hydroxylation is 1. The van der Waals surface area contributed by atoms with E-state index in [9.17, 15) is 9.59 Å². The smallest absolute Gasteiger partial charge is 0.329 e. The number of aliphatic carboxylic acids is 1. The second-order valence-corrected chi connectivity index (χ2v) is 5.06. The number of benzene rings is 1. The van der Waals surface area contributed by atoms with Crippen molar-refractivity contribution in [3.05, 3.63) is 35.4 Å². The average molecular weight is 291 g/mol. The van der Waals surface area contributed by atoms with E-state index >= 15 is 0 Å². The Morgan fingerprint density at radius 3 is 2.62 bits per heavy atom. The number of nitrogens with one attached hydrogen (secondary N) is 1. The fourth-order valence-electron chi connectivity index (χ4n) is 1.76. The molecule has 21 heavy (non-hydrogen) atoms. The SMILES string of the molecule is CCC(C)(NC(=O)C=Cc1cc(C)ccc1OC)C(=O)O. The highest BCUT2D eigenvalue weighted by Crippen LogP contribution is 2.21. The van der Waals surface area contributed by atoms with Gasteiger partial charge in [-0.05, 0) is 38.5 Å². The number of hydrogen-bond donors (Lipinski definition) is 2. The molecule has 114 valence electrons. The molecule has 1 unspecified atom stereocenters. The first-order valence-corrected chi connectivity index (χ1v) is 6.70. The third-order valence-electron chi connectivity index (χ3n) is 3.38. The van der Waals surface area contributed by atoms with Crippen molar-refractivity contribution in [2.24, 2.45) is 0 Å². The summed E-state index contributed by atoms with van der Waals surface area (Å²) in [7, 11) is 1.56. The number of amides is 1. The number of methoxy groups -OCH3 is 1. The van der Waals surface area contributed by atoms with E-state index < -0.39 is 17.4 Å². The molecule has 0 aliphatic carbocycles. The molecule has 5 nitrogen and oxygen atoms in total. The Morgan fingerprint density at radius 2 is 2.10 bits per heavy atom. The van der Waals surface area contributed by atoms with E-state index in [0.29, 0.717) is 12.2 Å². The van der Waals surface area contributed by atoms with Crippen LogP contribution >= 0.6 is 0 Å². The van der Waals surface area contributed by atoms with Gasteiger partial charge in [-0.1, -0.05) is 18.6 Å².